The molecular formula is C11H15N5. The minimum atomic E-state index is 0.499. The summed E-state index contributed by atoms with van der Waals surface area (Å²) in [4.78, 5) is 4.51. The fourth-order valence-corrected chi connectivity index (χ4v) is 2.41. The molecule has 3 rings (SSSR count). The summed E-state index contributed by atoms with van der Waals surface area (Å²) in [5.41, 5.74) is 3.57. The van der Waals surface area contributed by atoms with Gasteiger partial charge in [-0.05, 0) is 25.0 Å². The molecule has 0 unspecified atom stereocenters. The number of hydrazine groups is 1. The largest absolute Gasteiger partial charge is 0.307 e. The Morgan fingerprint density at radius 3 is 2.94 bits per heavy atom. The molecule has 1 aliphatic carbocycles. The zero-order chi connectivity index (χ0) is 11.0. The molecule has 3 N–H and O–H groups in total. The summed E-state index contributed by atoms with van der Waals surface area (Å²) in [5.74, 6) is 7.61. The van der Waals surface area contributed by atoms with Crippen molar-refractivity contribution in [1.29, 1.82) is 0 Å². The highest BCUT2D eigenvalue weighted by molar-refractivity contribution is 5.66. The Morgan fingerprint density at radius 1 is 1.38 bits per heavy atom. The second-order valence-electron chi connectivity index (χ2n) is 4.28. The van der Waals surface area contributed by atoms with Crippen molar-refractivity contribution >= 4 is 11.3 Å². The van der Waals surface area contributed by atoms with Crippen LogP contribution in [0.3, 0.4) is 0 Å². The number of nitrogen functional groups attached to an aromatic ring is 1. The van der Waals surface area contributed by atoms with E-state index in [1.54, 1.807) is 0 Å². The average Bonchev–Trinajstić information content (AvgIpc) is 2.97. The van der Waals surface area contributed by atoms with E-state index in [2.05, 4.69) is 15.5 Å². The lowest BCUT2D eigenvalue weighted by Gasteiger charge is -2.10. The van der Waals surface area contributed by atoms with E-state index in [0.29, 0.717) is 11.7 Å². The number of anilines is 1. The molecule has 2 heterocycles. The van der Waals surface area contributed by atoms with Crippen LogP contribution >= 0.6 is 0 Å². The van der Waals surface area contributed by atoms with Crippen LogP contribution in [0.25, 0.3) is 5.52 Å². The Bertz CT molecular complexity index is 498. The number of hydrogen-bond acceptors (Lipinski definition) is 4. The van der Waals surface area contributed by atoms with Crippen molar-refractivity contribution < 1.29 is 0 Å². The van der Waals surface area contributed by atoms with Gasteiger partial charge < -0.3 is 5.43 Å². The molecule has 1 aliphatic rings. The van der Waals surface area contributed by atoms with E-state index in [1.807, 2.05) is 22.8 Å². The molecule has 5 nitrogen and oxygen atoms in total. The Kier molecular flexibility index (Phi) is 2.25. The van der Waals surface area contributed by atoms with Crippen LogP contribution in [0.4, 0.5) is 5.82 Å². The highest BCUT2D eigenvalue weighted by Crippen LogP contribution is 2.32. The third-order valence-corrected chi connectivity index (χ3v) is 3.26. The van der Waals surface area contributed by atoms with Crippen LogP contribution in [0.15, 0.2) is 18.3 Å². The topological polar surface area (TPSA) is 68.2 Å². The van der Waals surface area contributed by atoms with Gasteiger partial charge in [0.25, 0.3) is 0 Å². The minimum absolute atomic E-state index is 0.499. The quantitative estimate of drug-likeness (QED) is 0.593. The summed E-state index contributed by atoms with van der Waals surface area (Å²) < 4.78 is 1.84. The summed E-state index contributed by atoms with van der Waals surface area (Å²) in [6.45, 7) is 0. The molecule has 0 atom stereocenters. The van der Waals surface area contributed by atoms with Gasteiger partial charge in [-0.15, -0.1) is 0 Å². The van der Waals surface area contributed by atoms with Gasteiger partial charge in [-0.3, -0.25) is 0 Å². The first-order chi connectivity index (χ1) is 7.88. The van der Waals surface area contributed by atoms with Crippen LogP contribution < -0.4 is 11.3 Å². The maximum atomic E-state index is 5.49. The highest BCUT2D eigenvalue weighted by Gasteiger charge is 2.21. The van der Waals surface area contributed by atoms with Crippen molar-refractivity contribution in [2.24, 2.45) is 5.84 Å². The van der Waals surface area contributed by atoms with E-state index in [-0.39, 0.29) is 0 Å². The van der Waals surface area contributed by atoms with Gasteiger partial charge in [0.05, 0.1) is 0 Å². The molecule has 1 fully saturated rings. The highest BCUT2D eigenvalue weighted by atomic mass is 15.3. The third kappa shape index (κ3) is 1.44. The number of nitrogens with two attached hydrogens (primary N) is 1. The first-order valence-corrected chi connectivity index (χ1v) is 5.70. The molecule has 5 heteroatoms. The Labute approximate surface area is 93.6 Å². The molecule has 0 radical (unpaired) electrons. The number of aromatic nitrogens is 3. The second-order valence-corrected chi connectivity index (χ2v) is 4.28. The van der Waals surface area contributed by atoms with Crippen LogP contribution in [-0.2, 0) is 0 Å². The summed E-state index contributed by atoms with van der Waals surface area (Å²) in [7, 11) is 0. The maximum absolute atomic E-state index is 5.49. The molecule has 0 amide bonds. The molecule has 0 spiro atoms. The molecular weight excluding hydrogens is 202 g/mol. The van der Waals surface area contributed by atoms with Gasteiger partial charge in [-0.1, -0.05) is 12.8 Å². The van der Waals surface area contributed by atoms with Gasteiger partial charge in [-0.2, -0.15) is 5.10 Å². The van der Waals surface area contributed by atoms with Crippen molar-refractivity contribution in [2.75, 3.05) is 5.43 Å². The summed E-state index contributed by atoms with van der Waals surface area (Å²) in [6, 6.07) is 3.90. The number of rotatable bonds is 2. The number of nitrogens with one attached hydrogen (secondary N) is 1. The van der Waals surface area contributed by atoms with E-state index >= 15 is 0 Å². The van der Waals surface area contributed by atoms with Crippen molar-refractivity contribution in [3.05, 3.63) is 24.2 Å². The average molecular weight is 217 g/mol. The minimum Gasteiger partial charge on any atom is -0.307 e. The predicted molar refractivity (Wildman–Crippen MR) is 62.0 cm³/mol. The number of nitrogens with zero attached hydrogens (tertiary/aromatic N) is 3. The van der Waals surface area contributed by atoms with E-state index in [0.717, 1.165) is 11.3 Å². The second kappa shape index (κ2) is 3.75. The van der Waals surface area contributed by atoms with Crippen molar-refractivity contribution in [3.63, 3.8) is 0 Å². The van der Waals surface area contributed by atoms with E-state index in [1.165, 1.54) is 25.7 Å². The van der Waals surface area contributed by atoms with Crippen molar-refractivity contribution in [3.8, 4) is 0 Å². The van der Waals surface area contributed by atoms with Gasteiger partial charge in [0.2, 0.25) is 0 Å². The zero-order valence-electron chi connectivity index (χ0n) is 9.06. The van der Waals surface area contributed by atoms with Crippen molar-refractivity contribution in [1.82, 2.24) is 14.6 Å². The normalized spacial score (nSPS) is 17.1. The summed E-state index contributed by atoms with van der Waals surface area (Å²) >= 11 is 0. The van der Waals surface area contributed by atoms with Crippen LogP contribution in [0.5, 0.6) is 0 Å². The van der Waals surface area contributed by atoms with E-state index < -0.39 is 0 Å². The predicted octanol–water partition coefficient (Wildman–Crippen LogP) is 1.67. The lowest BCUT2D eigenvalue weighted by Crippen LogP contribution is -2.14. The molecule has 1 saturated carbocycles. The fraction of sp³-hybridized carbons (Fsp3) is 0.455. The molecule has 2 aromatic rings. The maximum Gasteiger partial charge on any atom is 0.168 e. The van der Waals surface area contributed by atoms with Gasteiger partial charge in [0.15, 0.2) is 11.6 Å². The van der Waals surface area contributed by atoms with Gasteiger partial charge in [-0.25, -0.2) is 15.3 Å². The lowest BCUT2D eigenvalue weighted by atomic mass is 10.1. The molecule has 0 aliphatic heterocycles. The fourth-order valence-electron chi connectivity index (χ4n) is 2.41. The molecule has 84 valence electrons. The summed E-state index contributed by atoms with van der Waals surface area (Å²) in [5, 5.41) is 4.54. The molecule has 0 bridgehead atoms. The number of fused-ring (bicyclic) bond motifs is 1. The SMILES string of the molecule is NNc1nc(C2CCCC2)nn2cccc12. The van der Waals surface area contributed by atoms with Crippen LogP contribution in [0.1, 0.15) is 37.4 Å². The third-order valence-electron chi connectivity index (χ3n) is 3.26. The monoisotopic (exact) mass is 217 g/mol. The van der Waals surface area contributed by atoms with Crippen LogP contribution in [0.2, 0.25) is 0 Å². The van der Waals surface area contributed by atoms with Gasteiger partial charge >= 0.3 is 0 Å². The molecule has 0 saturated heterocycles. The molecule has 2 aromatic heterocycles. The smallest absolute Gasteiger partial charge is 0.168 e. The van der Waals surface area contributed by atoms with E-state index in [9.17, 15) is 0 Å². The van der Waals surface area contributed by atoms with Gasteiger partial charge in [0, 0.05) is 12.1 Å². The van der Waals surface area contributed by atoms with Crippen LogP contribution in [0, 0.1) is 0 Å². The lowest BCUT2D eigenvalue weighted by molar-refractivity contribution is 0.641. The Hall–Kier alpha value is -1.62. The van der Waals surface area contributed by atoms with Crippen LogP contribution in [-0.4, -0.2) is 14.6 Å². The Morgan fingerprint density at radius 2 is 2.19 bits per heavy atom. The van der Waals surface area contributed by atoms with E-state index in [4.69, 9.17) is 5.84 Å². The van der Waals surface area contributed by atoms with Gasteiger partial charge in [0.1, 0.15) is 5.52 Å². The first kappa shape index (κ1) is 9.59. The standard InChI is InChI=1S/C11H15N5/c12-14-11-9-6-3-7-16(9)15-10(13-11)8-4-1-2-5-8/h3,6-8H,1-2,4-5,12H2,(H,13,14,15). The molecule has 0 aromatic carbocycles. The number of hydrogen-bond donors (Lipinski definition) is 2. The first-order valence-electron chi connectivity index (χ1n) is 5.70. The zero-order valence-corrected chi connectivity index (χ0v) is 9.06. The van der Waals surface area contributed by atoms with Crippen molar-refractivity contribution in [2.45, 2.75) is 31.6 Å². The Balaban J connectivity index is 2.10. The summed E-state index contributed by atoms with van der Waals surface area (Å²) in [6.07, 6.45) is 6.87. The molecule has 16 heavy (non-hydrogen) atoms.